The third-order valence-electron chi connectivity index (χ3n) is 5.34. The van der Waals surface area contributed by atoms with Gasteiger partial charge < -0.3 is 20.6 Å². The highest BCUT2D eigenvalue weighted by molar-refractivity contribution is 9.10. The summed E-state index contributed by atoms with van der Waals surface area (Å²) in [5.41, 5.74) is 4.01. The summed E-state index contributed by atoms with van der Waals surface area (Å²) in [7, 11) is 0. The van der Waals surface area contributed by atoms with E-state index >= 15 is 0 Å². The molecule has 28 heavy (non-hydrogen) atoms. The Hall–Kier alpha value is -2.55. The molecule has 9 heteroatoms. The first-order valence-corrected chi connectivity index (χ1v) is 9.62. The van der Waals surface area contributed by atoms with E-state index in [2.05, 4.69) is 21.2 Å². The Morgan fingerprint density at radius 3 is 2.57 bits per heavy atom. The molecule has 0 aliphatic carbocycles. The third kappa shape index (κ3) is 3.03. The van der Waals surface area contributed by atoms with Gasteiger partial charge in [0.1, 0.15) is 16.8 Å². The van der Waals surface area contributed by atoms with Gasteiger partial charge in [-0.2, -0.15) is 0 Å². The van der Waals surface area contributed by atoms with Gasteiger partial charge >= 0.3 is 6.09 Å². The van der Waals surface area contributed by atoms with Crippen molar-refractivity contribution in [3.8, 4) is 0 Å². The van der Waals surface area contributed by atoms with Crippen LogP contribution in [0, 0.1) is 5.41 Å². The molecule has 2 heterocycles. The number of halogens is 1. The Labute approximate surface area is 170 Å². The standard InChI is InChI=1S/C19H22BrN3O5/c1-18(2,3)19(7-4-8-23(19)17(26)27)16(25)22-13-11-9-10(20)5-6-12(11)28-14(13)15(21)24/h5-6,9H,4,7-8H2,1-3H3,(H2,21,24)(H,22,25)(H,26,27)/t19-/m1/s1. The number of anilines is 1. The maximum atomic E-state index is 13.5. The van der Waals surface area contributed by atoms with Crippen molar-refractivity contribution < 1.29 is 23.9 Å². The van der Waals surface area contributed by atoms with Gasteiger partial charge in [-0.15, -0.1) is 0 Å². The van der Waals surface area contributed by atoms with E-state index in [4.69, 9.17) is 10.2 Å². The second kappa shape index (κ2) is 6.80. The second-order valence-electron chi connectivity index (χ2n) is 7.91. The van der Waals surface area contributed by atoms with Crippen LogP contribution in [0.15, 0.2) is 27.1 Å². The molecule has 0 bridgehead atoms. The zero-order valence-electron chi connectivity index (χ0n) is 15.8. The molecule has 1 fully saturated rings. The monoisotopic (exact) mass is 451 g/mol. The van der Waals surface area contributed by atoms with Crippen LogP contribution in [0.2, 0.25) is 0 Å². The average Bonchev–Trinajstić information content (AvgIpc) is 3.17. The van der Waals surface area contributed by atoms with Crippen molar-refractivity contribution >= 4 is 50.5 Å². The molecular formula is C19H22BrN3O5. The van der Waals surface area contributed by atoms with Crippen molar-refractivity contribution in [2.24, 2.45) is 11.1 Å². The third-order valence-corrected chi connectivity index (χ3v) is 5.83. The molecule has 1 aromatic heterocycles. The van der Waals surface area contributed by atoms with Crippen LogP contribution in [0.3, 0.4) is 0 Å². The van der Waals surface area contributed by atoms with Crippen LogP contribution < -0.4 is 11.1 Å². The van der Waals surface area contributed by atoms with Gasteiger partial charge in [0.15, 0.2) is 0 Å². The predicted molar refractivity (Wildman–Crippen MR) is 107 cm³/mol. The first kappa shape index (κ1) is 20.2. The van der Waals surface area contributed by atoms with E-state index in [1.54, 1.807) is 18.2 Å². The summed E-state index contributed by atoms with van der Waals surface area (Å²) in [4.78, 5) is 38.4. The van der Waals surface area contributed by atoms with E-state index in [0.717, 1.165) is 4.47 Å². The number of rotatable bonds is 3. The van der Waals surface area contributed by atoms with Gasteiger partial charge in [0.2, 0.25) is 5.76 Å². The van der Waals surface area contributed by atoms with Gasteiger partial charge in [0.05, 0.1) is 0 Å². The molecule has 1 atom stereocenters. The Kier molecular flexibility index (Phi) is 4.91. The molecule has 0 radical (unpaired) electrons. The van der Waals surface area contributed by atoms with E-state index < -0.39 is 28.9 Å². The number of hydrogen-bond acceptors (Lipinski definition) is 4. The smallest absolute Gasteiger partial charge is 0.408 e. The highest BCUT2D eigenvalue weighted by atomic mass is 79.9. The minimum atomic E-state index is -1.29. The lowest BCUT2D eigenvalue weighted by Crippen LogP contribution is -2.62. The number of benzene rings is 1. The maximum absolute atomic E-state index is 13.5. The number of carboxylic acid groups (broad SMARTS) is 1. The van der Waals surface area contributed by atoms with Crippen LogP contribution in [-0.4, -0.2) is 40.0 Å². The Morgan fingerprint density at radius 2 is 2.00 bits per heavy atom. The lowest BCUT2D eigenvalue weighted by molar-refractivity contribution is -0.131. The van der Waals surface area contributed by atoms with Crippen molar-refractivity contribution in [2.75, 3.05) is 11.9 Å². The molecule has 0 saturated carbocycles. The van der Waals surface area contributed by atoms with Crippen molar-refractivity contribution in [1.82, 2.24) is 4.90 Å². The van der Waals surface area contributed by atoms with Crippen LogP contribution >= 0.6 is 15.9 Å². The number of nitrogens with zero attached hydrogens (tertiary/aromatic N) is 1. The molecule has 1 aromatic carbocycles. The van der Waals surface area contributed by atoms with E-state index in [9.17, 15) is 19.5 Å². The zero-order chi connectivity index (χ0) is 20.9. The quantitative estimate of drug-likeness (QED) is 0.653. The Balaban J connectivity index is 2.13. The largest absolute Gasteiger partial charge is 0.465 e. The molecule has 3 rings (SSSR count). The highest BCUT2D eigenvalue weighted by Gasteiger charge is 2.57. The minimum absolute atomic E-state index is 0.148. The summed E-state index contributed by atoms with van der Waals surface area (Å²) < 4.78 is 6.26. The molecule has 8 nitrogen and oxygen atoms in total. The Bertz CT molecular complexity index is 978. The van der Waals surface area contributed by atoms with Crippen LogP contribution in [0.1, 0.15) is 44.2 Å². The molecule has 1 aliphatic rings. The van der Waals surface area contributed by atoms with Gasteiger partial charge in [-0.05, 0) is 36.5 Å². The maximum Gasteiger partial charge on any atom is 0.408 e. The van der Waals surface area contributed by atoms with Crippen molar-refractivity contribution in [1.29, 1.82) is 0 Å². The number of amides is 3. The topological polar surface area (TPSA) is 126 Å². The van der Waals surface area contributed by atoms with Crippen LogP contribution in [0.5, 0.6) is 0 Å². The van der Waals surface area contributed by atoms with E-state index in [1.807, 2.05) is 20.8 Å². The summed E-state index contributed by atoms with van der Waals surface area (Å²) in [6.45, 7) is 5.74. The number of primary amides is 1. The molecule has 4 N–H and O–H groups in total. The Morgan fingerprint density at radius 1 is 1.32 bits per heavy atom. The van der Waals surface area contributed by atoms with E-state index in [-0.39, 0.29) is 18.0 Å². The van der Waals surface area contributed by atoms with Crippen LogP contribution in [-0.2, 0) is 4.79 Å². The fourth-order valence-corrected chi connectivity index (χ4v) is 4.38. The highest BCUT2D eigenvalue weighted by Crippen LogP contribution is 2.45. The summed E-state index contributed by atoms with van der Waals surface area (Å²) >= 11 is 3.36. The van der Waals surface area contributed by atoms with Crippen LogP contribution in [0.4, 0.5) is 10.5 Å². The van der Waals surface area contributed by atoms with Gasteiger partial charge in [-0.25, -0.2) is 4.79 Å². The number of furan rings is 1. The molecule has 3 amide bonds. The van der Waals surface area contributed by atoms with Crippen LogP contribution in [0.25, 0.3) is 11.0 Å². The second-order valence-corrected chi connectivity index (χ2v) is 8.83. The van der Waals surface area contributed by atoms with Gasteiger partial charge in [-0.3, -0.25) is 14.5 Å². The SMILES string of the molecule is CC(C)(C)[C@]1(C(=O)Nc2c(C(N)=O)oc3ccc(Br)cc23)CCCN1C(=O)O. The summed E-state index contributed by atoms with van der Waals surface area (Å²) in [5, 5.41) is 12.9. The van der Waals surface area contributed by atoms with Gasteiger partial charge in [-0.1, -0.05) is 36.7 Å². The number of nitrogens with two attached hydrogens (primary N) is 1. The predicted octanol–water partition coefficient (Wildman–Crippen LogP) is 3.79. The fraction of sp³-hybridized carbons (Fsp3) is 0.421. The number of likely N-dealkylation sites (tertiary alicyclic amines) is 1. The molecular weight excluding hydrogens is 430 g/mol. The first-order chi connectivity index (χ1) is 13.0. The van der Waals surface area contributed by atoms with Crippen molar-refractivity contribution in [3.63, 3.8) is 0 Å². The average molecular weight is 452 g/mol. The van der Waals surface area contributed by atoms with Crippen molar-refractivity contribution in [2.45, 2.75) is 39.2 Å². The van der Waals surface area contributed by atoms with Gasteiger partial charge in [0, 0.05) is 16.4 Å². The molecule has 2 aromatic rings. The molecule has 0 spiro atoms. The number of hydrogen-bond donors (Lipinski definition) is 3. The van der Waals surface area contributed by atoms with E-state index in [0.29, 0.717) is 23.8 Å². The minimum Gasteiger partial charge on any atom is -0.465 e. The summed E-state index contributed by atoms with van der Waals surface area (Å²) in [6, 6.07) is 5.09. The molecule has 1 saturated heterocycles. The molecule has 150 valence electrons. The number of nitrogens with one attached hydrogen (secondary N) is 1. The normalized spacial score (nSPS) is 19.8. The van der Waals surface area contributed by atoms with Crippen molar-refractivity contribution in [3.05, 3.63) is 28.4 Å². The lowest BCUT2D eigenvalue weighted by Gasteiger charge is -2.45. The number of fused-ring (bicyclic) bond motifs is 1. The first-order valence-electron chi connectivity index (χ1n) is 8.83. The summed E-state index contributed by atoms with van der Waals surface area (Å²) in [6.07, 6.45) is -0.213. The molecule has 0 unspecified atom stereocenters. The lowest BCUT2D eigenvalue weighted by atomic mass is 9.71. The number of carbonyl (C=O) groups excluding carboxylic acids is 2. The van der Waals surface area contributed by atoms with Gasteiger partial charge in [0.25, 0.3) is 11.8 Å². The number of carbonyl (C=O) groups is 3. The fourth-order valence-electron chi connectivity index (χ4n) is 4.02. The zero-order valence-corrected chi connectivity index (χ0v) is 17.4. The van der Waals surface area contributed by atoms with E-state index in [1.165, 1.54) is 4.90 Å². The molecule has 1 aliphatic heterocycles. The summed E-state index contributed by atoms with van der Waals surface area (Å²) in [5.74, 6) is -1.51.